The van der Waals surface area contributed by atoms with Gasteiger partial charge in [-0.15, -0.1) is 0 Å². The average Bonchev–Trinajstić information content (AvgIpc) is 3.54. The normalized spacial score (nSPS) is 27.5. The highest BCUT2D eigenvalue weighted by molar-refractivity contribution is 7.89. The molecule has 3 aliphatic heterocycles. The predicted octanol–water partition coefficient (Wildman–Crippen LogP) is 2.52. The van der Waals surface area contributed by atoms with E-state index in [2.05, 4.69) is 10.6 Å². The summed E-state index contributed by atoms with van der Waals surface area (Å²) < 4.78 is 51.7. The number of ether oxygens (including phenoxy) is 4. The minimum absolute atomic E-state index is 0.00180. The Morgan fingerprint density at radius 1 is 1.07 bits per heavy atom. The molecule has 2 aromatic rings. The van der Waals surface area contributed by atoms with Gasteiger partial charge in [-0.05, 0) is 49.6 Å². The standard InChI is InChI=1S/C28H35N3O8S/c1-18-15-31(40(34,35)22-10-8-21(9-11-22)29-19(2)32)16-25(38-18)24(14-20-6-4-3-5-7-20)30-28(33)39-26-17-37-27-23(26)12-13-36-27/h3-11,18,23-27H,12-17H2,1-2H3,(H,29,32)(H,30,33)/t18?,23?,24-,25+,26?,27+/m0/s1. The number of hydrogen-bond acceptors (Lipinski definition) is 8. The van der Waals surface area contributed by atoms with Crippen LogP contribution in [0.15, 0.2) is 59.5 Å². The molecular weight excluding hydrogens is 538 g/mol. The van der Waals surface area contributed by atoms with Crippen LogP contribution >= 0.6 is 0 Å². The molecule has 216 valence electrons. The highest BCUT2D eigenvalue weighted by Crippen LogP contribution is 2.33. The maximum absolute atomic E-state index is 13.6. The molecule has 3 unspecified atom stereocenters. The van der Waals surface area contributed by atoms with Gasteiger partial charge in [0.15, 0.2) is 6.29 Å². The number of carbonyl (C=O) groups is 2. The number of carbonyl (C=O) groups excluding carboxylic acids is 2. The van der Waals surface area contributed by atoms with Gasteiger partial charge in [-0.1, -0.05) is 30.3 Å². The van der Waals surface area contributed by atoms with Crippen LogP contribution in [0, 0.1) is 5.92 Å². The third kappa shape index (κ3) is 6.64. The van der Waals surface area contributed by atoms with Gasteiger partial charge in [-0.25, -0.2) is 13.2 Å². The van der Waals surface area contributed by atoms with Crippen LogP contribution in [-0.4, -0.2) is 81.7 Å². The lowest BCUT2D eigenvalue weighted by molar-refractivity contribution is -0.114. The summed E-state index contributed by atoms with van der Waals surface area (Å²) in [6, 6.07) is 15.1. The number of hydrogen-bond donors (Lipinski definition) is 2. The number of nitrogens with zero attached hydrogens (tertiary/aromatic N) is 1. The fourth-order valence-electron chi connectivity index (χ4n) is 5.44. The summed E-state index contributed by atoms with van der Waals surface area (Å²) in [5.74, 6) is -0.241. The van der Waals surface area contributed by atoms with Gasteiger partial charge in [0.05, 0.1) is 42.3 Å². The molecule has 5 rings (SSSR count). The molecule has 0 spiro atoms. The summed E-state index contributed by atoms with van der Waals surface area (Å²) in [6.45, 7) is 4.25. The molecule has 2 aromatic carbocycles. The molecule has 3 fully saturated rings. The van der Waals surface area contributed by atoms with Crippen LogP contribution < -0.4 is 10.6 Å². The highest BCUT2D eigenvalue weighted by atomic mass is 32.2. The average molecular weight is 574 g/mol. The Balaban J connectivity index is 1.32. The number of amides is 2. The Morgan fingerprint density at radius 3 is 2.55 bits per heavy atom. The van der Waals surface area contributed by atoms with Gasteiger partial charge in [0.2, 0.25) is 15.9 Å². The van der Waals surface area contributed by atoms with E-state index in [-0.39, 0.29) is 42.7 Å². The molecule has 3 aliphatic rings. The first-order valence-corrected chi connectivity index (χ1v) is 14.9. The maximum atomic E-state index is 13.6. The zero-order chi connectivity index (χ0) is 28.3. The number of sulfonamides is 1. The fourth-order valence-corrected chi connectivity index (χ4v) is 6.97. The van der Waals surface area contributed by atoms with Crippen molar-refractivity contribution in [1.29, 1.82) is 0 Å². The lowest BCUT2D eigenvalue weighted by Crippen LogP contribution is -2.57. The molecule has 6 atom stereocenters. The molecule has 12 heteroatoms. The van der Waals surface area contributed by atoms with Gasteiger partial charge in [-0.2, -0.15) is 4.31 Å². The molecule has 0 radical (unpaired) electrons. The Bertz CT molecular complexity index is 1290. The Kier molecular flexibility index (Phi) is 8.71. The van der Waals surface area contributed by atoms with Crippen molar-refractivity contribution in [3.05, 3.63) is 60.2 Å². The van der Waals surface area contributed by atoms with Gasteiger partial charge < -0.3 is 29.6 Å². The Hall–Kier alpha value is -3.03. The van der Waals surface area contributed by atoms with E-state index in [1.807, 2.05) is 37.3 Å². The summed E-state index contributed by atoms with van der Waals surface area (Å²) >= 11 is 0. The fraction of sp³-hybridized carbons (Fsp3) is 0.500. The van der Waals surface area contributed by atoms with Crippen LogP contribution in [0.5, 0.6) is 0 Å². The largest absolute Gasteiger partial charge is 0.443 e. The van der Waals surface area contributed by atoms with Gasteiger partial charge in [0.1, 0.15) is 6.10 Å². The van der Waals surface area contributed by atoms with E-state index >= 15 is 0 Å². The van der Waals surface area contributed by atoms with E-state index in [1.165, 1.54) is 23.4 Å². The lowest BCUT2D eigenvalue weighted by Gasteiger charge is -2.39. The predicted molar refractivity (Wildman–Crippen MR) is 145 cm³/mol. The van der Waals surface area contributed by atoms with E-state index in [4.69, 9.17) is 18.9 Å². The van der Waals surface area contributed by atoms with Crippen molar-refractivity contribution in [2.75, 3.05) is 31.6 Å². The number of anilines is 1. The van der Waals surface area contributed by atoms with E-state index in [0.717, 1.165) is 12.0 Å². The van der Waals surface area contributed by atoms with Crippen LogP contribution in [0.25, 0.3) is 0 Å². The molecule has 0 aliphatic carbocycles. The third-order valence-electron chi connectivity index (χ3n) is 7.36. The zero-order valence-corrected chi connectivity index (χ0v) is 23.3. The number of rotatable bonds is 8. The summed E-state index contributed by atoms with van der Waals surface area (Å²) in [7, 11) is -3.87. The second-order valence-electron chi connectivity index (χ2n) is 10.4. The molecule has 0 bridgehead atoms. The third-order valence-corrected chi connectivity index (χ3v) is 9.20. The van der Waals surface area contributed by atoms with Gasteiger partial charge in [-0.3, -0.25) is 4.79 Å². The van der Waals surface area contributed by atoms with Crippen molar-refractivity contribution in [3.63, 3.8) is 0 Å². The summed E-state index contributed by atoms with van der Waals surface area (Å²) in [5.41, 5.74) is 1.47. The summed E-state index contributed by atoms with van der Waals surface area (Å²) in [4.78, 5) is 24.5. The molecule has 11 nitrogen and oxygen atoms in total. The highest BCUT2D eigenvalue weighted by Gasteiger charge is 2.44. The van der Waals surface area contributed by atoms with Crippen molar-refractivity contribution in [1.82, 2.24) is 9.62 Å². The molecule has 2 N–H and O–H groups in total. The van der Waals surface area contributed by atoms with Crippen LogP contribution in [0.2, 0.25) is 0 Å². The van der Waals surface area contributed by atoms with Crippen molar-refractivity contribution in [3.8, 4) is 0 Å². The van der Waals surface area contributed by atoms with Crippen molar-refractivity contribution >= 4 is 27.7 Å². The smallest absolute Gasteiger partial charge is 0.407 e. The van der Waals surface area contributed by atoms with Crippen molar-refractivity contribution < 1.29 is 37.0 Å². The van der Waals surface area contributed by atoms with Crippen molar-refractivity contribution in [2.24, 2.45) is 5.92 Å². The SMILES string of the molecule is CC(=O)Nc1ccc(S(=O)(=O)N2CC(C)O[C@@H]([C@H](Cc3ccccc3)NC(=O)OC3CO[C@H]4OCCC34)C2)cc1. The number of fused-ring (bicyclic) bond motifs is 1. The Labute approximate surface area is 234 Å². The molecule has 0 saturated carbocycles. The van der Waals surface area contributed by atoms with Crippen LogP contribution in [-0.2, 0) is 40.2 Å². The number of alkyl carbamates (subject to hydrolysis) is 1. The molecule has 40 heavy (non-hydrogen) atoms. The minimum Gasteiger partial charge on any atom is -0.443 e. The number of nitrogens with one attached hydrogen (secondary N) is 2. The topological polar surface area (TPSA) is 132 Å². The first-order valence-electron chi connectivity index (χ1n) is 13.5. The lowest BCUT2D eigenvalue weighted by atomic mass is 10.00. The van der Waals surface area contributed by atoms with E-state index < -0.39 is 40.5 Å². The van der Waals surface area contributed by atoms with Gasteiger partial charge in [0.25, 0.3) is 0 Å². The number of morpholine rings is 1. The van der Waals surface area contributed by atoms with E-state index in [0.29, 0.717) is 18.7 Å². The first kappa shape index (κ1) is 28.5. The zero-order valence-electron chi connectivity index (χ0n) is 22.5. The molecule has 2 amide bonds. The summed E-state index contributed by atoms with van der Waals surface area (Å²) in [5, 5.41) is 5.59. The quantitative estimate of drug-likeness (QED) is 0.493. The van der Waals surface area contributed by atoms with E-state index in [1.54, 1.807) is 12.1 Å². The monoisotopic (exact) mass is 573 g/mol. The minimum atomic E-state index is -3.87. The van der Waals surface area contributed by atoms with E-state index in [9.17, 15) is 18.0 Å². The van der Waals surface area contributed by atoms with Gasteiger partial charge in [0, 0.05) is 25.7 Å². The van der Waals surface area contributed by atoms with Crippen LogP contribution in [0.1, 0.15) is 25.8 Å². The first-order chi connectivity index (χ1) is 19.2. The number of benzene rings is 2. The Morgan fingerprint density at radius 2 is 1.82 bits per heavy atom. The maximum Gasteiger partial charge on any atom is 0.407 e. The summed E-state index contributed by atoms with van der Waals surface area (Å²) in [6.07, 6.45) is -1.22. The molecule has 3 heterocycles. The molecule has 0 aromatic heterocycles. The van der Waals surface area contributed by atoms with Crippen LogP contribution in [0.3, 0.4) is 0 Å². The van der Waals surface area contributed by atoms with Gasteiger partial charge >= 0.3 is 6.09 Å². The second kappa shape index (κ2) is 12.2. The molecule has 3 saturated heterocycles. The molecular formula is C28H35N3O8S. The van der Waals surface area contributed by atoms with Crippen LogP contribution in [0.4, 0.5) is 10.5 Å². The second-order valence-corrected chi connectivity index (χ2v) is 12.4. The van der Waals surface area contributed by atoms with Crippen molar-refractivity contribution in [2.45, 2.75) is 62.2 Å².